The van der Waals surface area contributed by atoms with Gasteiger partial charge in [0, 0.05) is 36.5 Å². The number of nitrogens with zero attached hydrogens (tertiary/aromatic N) is 1. The molecule has 0 saturated carbocycles. The highest BCUT2D eigenvalue weighted by Gasteiger charge is 2.26. The summed E-state index contributed by atoms with van der Waals surface area (Å²) in [5, 5.41) is 0.743. The maximum Gasteiger partial charge on any atom is 0.336 e. The van der Waals surface area contributed by atoms with Crippen molar-refractivity contribution in [1.29, 1.82) is 0 Å². The Kier molecular flexibility index (Phi) is 7.16. The number of rotatable bonds is 7. The summed E-state index contributed by atoms with van der Waals surface area (Å²) in [4.78, 5) is 24.4. The first kappa shape index (κ1) is 24.1. The number of benzene rings is 2. The topological polar surface area (TPSA) is 103 Å². The van der Waals surface area contributed by atoms with Crippen LogP contribution in [0.3, 0.4) is 0 Å². The molecule has 1 aromatic heterocycles. The highest BCUT2D eigenvalue weighted by Crippen LogP contribution is 2.22. The Balaban J connectivity index is 1.36. The Bertz CT molecular complexity index is 1350. The van der Waals surface area contributed by atoms with Crippen molar-refractivity contribution >= 4 is 27.0 Å². The minimum absolute atomic E-state index is 0.0276. The zero-order valence-electron chi connectivity index (χ0n) is 19.2. The first-order chi connectivity index (χ1) is 16.2. The van der Waals surface area contributed by atoms with Crippen LogP contribution in [0.2, 0.25) is 0 Å². The van der Waals surface area contributed by atoms with E-state index in [9.17, 15) is 18.0 Å². The van der Waals surface area contributed by atoms with Crippen LogP contribution >= 0.6 is 0 Å². The number of carbonyl (C=O) groups excluding carboxylic acids is 1. The van der Waals surface area contributed by atoms with E-state index in [-0.39, 0.29) is 17.9 Å². The van der Waals surface area contributed by atoms with E-state index in [0.29, 0.717) is 43.9 Å². The average Bonchev–Trinajstić information content (AvgIpc) is 2.83. The van der Waals surface area contributed by atoms with Gasteiger partial charge in [0.1, 0.15) is 12.2 Å². The number of carbonyl (C=O) groups is 1. The number of ether oxygens (including phenoxy) is 2. The van der Waals surface area contributed by atoms with Gasteiger partial charge in [0.05, 0.1) is 18.1 Å². The van der Waals surface area contributed by atoms with Crippen molar-refractivity contribution in [3.63, 3.8) is 0 Å². The van der Waals surface area contributed by atoms with Crippen LogP contribution < -0.4 is 5.63 Å². The Hall–Kier alpha value is -3.01. The molecular formula is C25H27NO7S. The molecule has 180 valence electrons. The summed E-state index contributed by atoms with van der Waals surface area (Å²) in [5.41, 5.74) is 3.46. The molecule has 1 aliphatic rings. The molecule has 1 fully saturated rings. The molecule has 4 rings (SSSR count). The largest absolute Gasteiger partial charge is 0.461 e. The fraction of sp³-hybridized carbons (Fsp3) is 0.360. The Morgan fingerprint density at radius 3 is 2.41 bits per heavy atom. The maximum atomic E-state index is 12.7. The molecule has 9 heteroatoms. The molecule has 2 aromatic carbocycles. The SMILES string of the molecule is Cc1cc2oc(=O)cc(COC(=O)CCc3ccc(S(=O)(=O)N4CCOCC4)cc3)c2cc1C. The van der Waals surface area contributed by atoms with Gasteiger partial charge in [-0.15, -0.1) is 0 Å². The number of sulfonamides is 1. The second kappa shape index (κ2) is 10.1. The fourth-order valence-electron chi connectivity index (χ4n) is 3.84. The van der Waals surface area contributed by atoms with Crippen molar-refractivity contribution < 1.29 is 27.1 Å². The molecule has 0 spiro atoms. The van der Waals surface area contributed by atoms with Crippen LogP contribution in [0.15, 0.2) is 56.6 Å². The van der Waals surface area contributed by atoms with Crippen molar-refractivity contribution in [3.05, 3.63) is 75.1 Å². The van der Waals surface area contributed by atoms with Crippen LogP contribution in [0.25, 0.3) is 11.0 Å². The number of hydrogen-bond donors (Lipinski definition) is 0. The Morgan fingerprint density at radius 2 is 1.71 bits per heavy atom. The van der Waals surface area contributed by atoms with Crippen molar-refractivity contribution in [2.24, 2.45) is 0 Å². The number of hydrogen-bond acceptors (Lipinski definition) is 7. The normalized spacial score (nSPS) is 14.9. The lowest BCUT2D eigenvalue weighted by Gasteiger charge is -2.26. The van der Waals surface area contributed by atoms with E-state index in [0.717, 1.165) is 22.1 Å². The summed E-state index contributed by atoms with van der Waals surface area (Å²) in [7, 11) is -3.55. The average molecular weight is 486 g/mol. The summed E-state index contributed by atoms with van der Waals surface area (Å²) in [6, 6.07) is 11.6. The molecule has 0 aliphatic carbocycles. The molecule has 0 radical (unpaired) electrons. The minimum atomic E-state index is -3.55. The molecule has 3 aromatic rings. The van der Waals surface area contributed by atoms with Gasteiger partial charge in [-0.05, 0) is 61.2 Å². The van der Waals surface area contributed by atoms with E-state index in [4.69, 9.17) is 13.9 Å². The van der Waals surface area contributed by atoms with Gasteiger partial charge < -0.3 is 13.9 Å². The predicted octanol–water partition coefficient (Wildman–Crippen LogP) is 3.11. The van der Waals surface area contributed by atoms with Gasteiger partial charge in [-0.25, -0.2) is 13.2 Å². The highest BCUT2D eigenvalue weighted by molar-refractivity contribution is 7.89. The van der Waals surface area contributed by atoms with Gasteiger partial charge >= 0.3 is 11.6 Å². The fourth-order valence-corrected chi connectivity index (χ4v) is 5.25. The molecule has 0 N–H and O–H groups in total. The van der Waals surface area contributed by atoms with Crippen molar-refractivity contribution in [1.82, 2.24) is 4.31 Å². The van der Waals surface area contributed by atoms with Gasteiger partial charge in [-0.2, -0.15) is 4.31 Å². The number of morpholine rings is 1. The van der Waals surface area contributed by atoms with Crippen molar-refractivity contribution in [2.75, 3.05) is 26.3 Å². The van der Waals surface area contributed by atoms with Crippen LogP contribution in [0, 0.1) is 13.8 Å². The third kappa shape index (κ3) is 5.38. The zero-order valence-corrected chi connectivity index (χ0v) is 20.0. The van der Waals surface area contributed by atoms with Gasteiger partial charge in [0.15, 0.2) is 0 Å². The first-order valence-electron chi connectivity index (χ1n) is 11.1. The lowest BCUT2D eigenvalue weighted by molar-refractivity contribution is -0.144. The number of fused-ring (bicyclic) bond motifs is 1. The molecular weight excluding hydrogens is 458 g/mol. The molecule has 8 nitrogen and oxygen atoms in total. The van der Waals surface area contributed by atoms with E-state index >= 15 is 0 Å². The quantitative estimate of drug-likeness (QED) is 0.374. The number of esters is 1. The molecule has 1 saturated heterocycles. The van der Waals surface area contributed by atoms with E-state index in [1.54, 1.807) is 30.3 Å². The van der Waals surface area contributed by atoms with Crippen LogP contribution in [-0.2, 0) is 37.3 Å². The van der Waals surface area contributed by atoms with E-state index in [1.165, 1.54) is 10.4 Å². The summed E-state index contributed by atoms with van der Waals surface area (Å²) in [6.45, 7) is 5.34. The zero-order chi connectivity index (χ0) is 24.3. The first-order valence-corrected chi connectivity index (χ1v) is 12.5. The van der Waals surface area contributed by atoms with Crippen LogP contribution in [0.4, 0.5) is 0 Å². The van der Waals surface area contributed by atoms with E-state index < -0.39 is 21.6 Å². The van der Waals surface area contributed by atoms with Crippen molar-refractivity contribution in [3.8, 4) is 0 Å². The lowest BCUT2D eigenvalue weighted by atomic mass is 10.0. The van der Waals surface area contributed by atoms with Gasteiger partial charge in [-0.1, -0.05) is 12.1 Å². The second-order valence-electron chi connectivity index (χ2n) is 8.34. The maximum absolute atomic E-state index is 12.7. The molecule has 1 aliphatic heterocycles. The smallest absolute Gasteiger partial charge is 0.336 e. The summed E-state index contributed by atoms with van der Waals surface area (Å²) in [6.07, 6.45) is 0.541. The predicted molar refractivity (Wildman–Crippen MR) is 126 cm³/mol. The van der Waals surface area contributed by atoms with E-state index in [1.807, 2.05) is 19.9 Å². The monoisotopic (exact) mass is 485 g/mol. The van der Waals surface area contributed by atoms with Crippen LogP contribution in [0.1, 0.15) is 28.7 Å². The molecule has 34 heavy (non-hydrogen) atoms. The van der Waals surface area contributed by atoms with Gasteiger partial charge in [0.25, 0.3) is 0 Å². The number of aryl methyl sites for hydroxylation is 3. The molecule has 0 bridgehead atoms. The van der Waals surface area contributed by atoms with Gasteiger partial charge in [0.2, 0.25) is 10.0 Å². The molecule has 2 heterocycles. The van der Waals surface area contributed by atoms with Gasteiger partial charge in [-0.3, -0.25) is 4.79 Å². The molecule has 0 unspecified atom stereocenters. The summed E-state index contributed by atoms with van der Waals surface area (Å²) < 4.78 is 42.7. The standard InChI is InChI=1S/C25H27NO7S/c1-17-13-22-20(15-25(28)33-23(22)14-18(17)2)16-32-24(27)8-5-19-3-6-21(7-4-19)34(29,30)26-9-11-31-12-10-26/h3-4,6-7,13-15H,5,8-12,16H2,1-2H3. The Labute approximate surface area is 198 Å². The van der Waals surface area contributed by atoms with Crippen LogP contribution in [-0.4, -0.2) is 45.0 Å². The third-order valence-corrected chi connectivity index (χ3v) is 7.90. The van der Waals surface area contributed by atoms with Crippen molar-refractivity contribution in [2.45, 2.75) is 38.2 Å². The molecule has 0 atom stereocenters. The Morgan fingerprint density at radius 1 is 1.03 bits per heavy atom. The third-order valence-electron chi connectivity index (χ3n) is 5.98. The second-order valence-corrected chi connectivity index (χ2v) is 10.3. The highest BCUT2D eigenvalue weighted by atomic mass is 32.2. The van der Waals surface area contributed by atoms with Crippen LogP contribution in [0.5, 0.6) is 0 Å². The minimum Gasteiger partial charge on any atom is -0.461 e. The lowest BCUT2D eigenvalue weighted by Crippen LogP contribution is -2.40. The summed E-state index contributed by atoms with van der Waals surface area (Å²) in [5.74, 6) is -0.407. The summed E-state index contributed by atoms with van der Waals surface area (Å²) >= 11 is 0. The van der Waals surface area contributed by atoms with E-state index in [2.05, 4.69) is 0 Å². The molecule has 0 amide bonds.